The van der Waals surface area contributed by atoms with E-state index >= 15 is 0 Å². The van der Waals surface area contributed by atoms with E-state index in [1.54, 1.807) is 21.3 Å². The highest BCUT2D eigenvalue weighted by Gasteiger charge is 2.42. The number of esters is 1. The second-order valence-electron chi connectivity index (χ2n) is 7.08. The minimum Gasteiger partial charge on any atom is -0.493 e. The predicted molar refractivity (Wildman–Crippen MR) is 103 cm³/mol. The second-order valence-corrected chi connectivity index (χ2v) is 7.08. The Morgan fingerprint density at radius 3 is 2.24 bits per heavy atom. The molecule has 0 bridgehead atoms. The van der Waals surface area contributed by atoms with Crippen LogP contribution in [-0.2, 0) is 9.53 Å². The van der Waals surface area contributed by atoms with Crippen LogP contribution in [0.4, 0.5) is 0 Å². The van der Waals surface area contributed by atoms with Crippen LogP contribution < -0.4 is 23.7 Å². The largest absolute Gasteiger partial charge is 0.493 e. The van der Waals surface area contributed by atoms with Gasteiger partial charge in [0.2, 0.25) is 12.5 Å². The predicted octanol–water partition coefficient (Wildman–Crippen LogP) is 3.14. The Morgan fingerprint density at radius 1 is 0.897 bits per heavy atom. The number of hydrogen-bond donors (Lipinski definition) is 0. The lowest BCUT2D eigenvalue weighted by atomic mass is 9.72. The summed E-state index contributed by atoms with van der Waals surface area (Å²) < 4.78 is 33.0. The molecule has 0 N–H and O–H groups in total. The number of carbonyl (C=O) groups is 1. The third-order valence-corrected chi connectivity index (χ3v) is 5.70. The van der Waals surface area contributed by atoms with Crippen LogP contribution in [0.25, 0.3) is 6.08 Å². The Morgan fingerprint density at radius 2 is 1.59 bits per heavy atom. The summed E-state index contributed by atoms with van der Waals surface area (Å²) >= 11 is 0. The summed E-state index contributed by atoms with van der Waals surface area (Å²) in [5.74, 6) is 2.48. The molecule has 7 heteroatoms. The number of benzene rings is 2. The van der Waals surface area contributed by atoms with E-state index < -0.39 is 0 Å². The van der Waals surface area contributed by atoms with Crippen molar-refractivity contribution in [3.8, 4) is 28.7 Å². The van der Waals surface area contributed by atoms with Crippen molar-refractivity contribution in [3.05, 3.63) is 46.5 Å². The molecule has 2 aliphatic heterocycles. The van der Waals surface area contributed by atoms with Crippen molar-refractivity contribution in [3.63, 3.8) is 0 Å². The van der Waals surface area contributed by atoms with Crippen LogP contribution in [0.3, 0.4) is 0 Å². The molecule has 0 saturated carbocycles. The van der Waals surface area contributed by atoms with Crippen molar-refractivity contribution in [2.75, 3.05) is 34.7 Å². The Hall–Kier alpha value is -3.35. The molecule has 29 heavy (non-hydrogen) atoms. The number of methoxy groups -OCH3 is 3. The van der Waals surface area contributed by atoms with Gasteiger partial charge in [0.1, 0.15) is 0 Å². The fourth-order valence-electron chi connectivity index (χ4n) is 4.38. The average Bonchev–Trinajstić information content (AvgIpc) is 3.35. The minimum absolute atomic E-state index is 0.113. The Balaban J connectivity index is 1.73. The first kappa shape index (κ1) is 17.7. The molecule has 0 aromatic heterocycles. The summed E-state index contributed by atoms with van der Waals surface area (Å²) in [5.41, 5.74) is 3.55. The molecule has 0 unspecified atom stereocenters. The number of hydrogen-bond acceptors (Lipinski definition) is 7. The highest BCUT2D eigenvalue weighted by atomic mass is 16.7. The summed E-state index contributed by atoms with van der Waals surface area (Å²) in [5, 5.41) is 0. The first-order valence-corrected chi connectivity index (χ1v) is 9.26. The maximum atomic E-state index is 12.4. The number of ether oxygens (including phenoxy) is 6. The maximum absolute atomic E-state index is 12.4. The summed E-state index contributed by atoms with van der Waals surface area (Å²) in [4.78, 5) is 12.4. The van der Waals surface area contributed by atoms with Crippen LogP contribution in [0.15, 0.2) is 29.8 Å². The SMILES string of the molecule is COc1cc([C@@H]2c3cc4c(cc3C=C3C(=O)OC[C@H]32)OCO4)cc(OC)c1OC. The highest BCUT2D eigenvalue weighted by molar-refractivity contribution is 5.98. The smallest absolute Gasteiger partial charge is 0.334 e. The summed E-state index contributed by atoms with van der Waals surface area (Å²) in [6.07, 6.45) is 1.89. The van der Waals surface area contributed by atoms with E-state index in [0.29, 0.717) is 40.9 Å². The van der Waals surface area contributed by atoms with Crippen molar-refractivity contribution in [1.82, 2.24) is 0 Å². The lowest BCUT2D eigenvalue weighted by Gasteiger charge is -2.30. The zero-order chi connectivity index (χ0) is 20.1. The number of cyclic esters (lactones) is 1. The van der Waals surface area contributed by atoms with Crippen LogP contribution in [0, 0.1) is 5.92 Å². The van der Waals surface area contributed by atoms with Gasteiger partial charge in [0.25, 0.3) is 0 Å². The van der Waals surface area contributed by atoms with Crippen LogP contribution in [0.1, 0.15) is 22.6 Å². The molecule has 0 amide bonds. The molecular weight excluding hydrogens is 376 g/mol. The van der Waals surface area contributed by atoms with E-state index in [9.17, 15) is 4.79 Å². The molecule has 1 saturated heterocycles. The Labute approximate surface area is 167 Å². The molecule has 2 aromatic rings. The van der Waals surface area contributed by atoms with Gasteiger partial charge in [0, 0.05) is 17.4 Å². The van der Waals surface area contributed by atoms with E-state index in [-0.39, 0.29) is 24.6 Å². The van der Waals surface area contributed by atoms with Crippen LogP contribution in [0.5, 0.6) is 28.7 Å². The Bertz CT molecular complexity index is 1010. The zero-order valence-electron chi connectivity index (χ0n) is 16.3. The monoisotopic (exact) mass is 396 g/mol. The third kappa shape index (κ3) is 2.61. The molecule has 1 fully saturated rings. The van der Waals surface area contributed by atoms with Gasteiger partial charge in [-0.2, -0.15) is 0 Å². The van der Waals surface area contributed by atoms with Gasteiger partial charge in [-0.3, -0.25) is 0 Å². The van der Waals surface area contributed by atoms with Gasteiger partial charge in [-0.25, -0.2) is 4.79 Å². The third-order valence-electron chi connectivity index (χ3n) is 5.70. The van der Waals surface area contributed by atoms with Crippen LogP contribution >= 0.6 is 0 Å². The lowest BCUT2D eigenvalue weighted by molar-refractivity contribution is -0.135. The van der Waals surface area contributed by atoms with Crippen molar-refractivity contribution in [1.29, 1.82) is 0 Å². The van der Waals surface area contributed by atoms with Crippen LogP contribution in [0.2, 0.25) is 0 Å². The maximum Gasteiger partial charge on any atom is 0.334 e. The topological polar surface area (TPSA) is 72.5 Å². The number of carbonyl (C=O) groups excluding carboxylic acids is 1. The molecule has 2 heterocycles. The molecule has 0 spiro atoms. The van der Waals surface area contributed by atoms with E-state index in [0.717, 1.165) is 16.7 Å². The summed E-state index contributed by atoms with van der Waals surface area (Å²) in [7, 11) is 4.74. The fraction of sp³-hybridized carbons (Fsp3) is 0.318. The summed E-state index contributed by atoms with van der Waals surface area (Å²) in [6, 6.07) is 7.75. The molecular formula is C22H20O7. The summed E-state index contributed by atoms with van der Waals surface area (Å²) in [6.45, 7) is 0.509. The van der Waals surface area contributed by atoms with Gasteiger partial charge < -0.3 is 28.4 Å². The van der Waals surface area contributed by atoms with Gasteiger partial charge in [-0.05, 0) is 47.0 Å². The van der Waals surface area contributed by atoms with E-state index in [1.165, 1.54) is 0 Å². The van der Waals surface area contributed by atoms with E-state index in [1.807, 2.05) is 30.3 Å². The van der Waals surface area contributed by atoms with Crippen molar-refractivity contribution >= 4 is 12.0 Å². The van der Waals surface area contributed by atoms with Gasteiger partial charge in [-0.15, -0.1) is 0 Å². The molecule has 2 atom stereocenters. The average molecular weight is 396 g/mol. The lowest BCUT2D eigenvalue weighted by Crippen LogP contribution is -2.21. The molecule has 150 valence electrons. The fourth-order valence-corrected chi connectivity index (χ4v) is 4.38. The van der Waals surface area contributed by atoms with Gasteiger partial charge >= 0.3 is 5.97 Å². The second kappa shape index (κ2) is 6.62. The molecule has 2 aromatic carbocycles. The van der Waals surface area contributed by atoms with Crippen molar-refractivity contribution in [2.45, 2.75) is 5.92 Å². The zero-order valence-corrected chi connectivity index (χ0v) is 16.3. The quantitative estimate of drug-likeness (QED) is 0.735. The van der Waals surface area contributed by atoms with Gasteiger partial charge in [-0.1, -0.05) is 0 Å². The van der Waals surface area contributed by atoms with Gasteiger partial charge in [0.15, 0.2) is 23.0 Å². The number of fused-ring (bicyclic) bond motifs is 3. The van der Waals surface area contributed by atoms with Gasteiger partial charge in [0.05, 0.1) is 27.9 Å². The normalized spacial score (nSPS) is 21.1. The van der Waals surface area contributed by atoms with E-state index in [4.69, 9.17) is 28.4 Å². The Kier molecular flexibility index (Phi) is 4.04. The number of rotatable bonds is 4. The molecule has 0 radical (unpaired) electrons. The first-order valence-electron chi connectivity index (χ1n) is 9.26. The van der Waals surface area contributed by atoms with Crippen molar-refractivity contribution in [2.24, 2.45) is 5.92 Å². The van der Waals surface area contributed by atoms with E-state index in [2.05, 4.69) is 0 Å². The molecule has 3 aliphatic rings. The molecule has 7 nitrogen and oxygen atoms in total. The van der Waals surface area contributed by atoms with Crippen LogP contribution in [-0.4, -0.2) is 40.7 Å². The van der Waals surface area contributed by atoms with Crippen molar-refractivity contribution < 1.29 is 33.2 Å². The highest BCUT2D eigenvalue weighted by Crippen LogP contribution is 2.51. The molecule has 5 rings (SSSR count). The minimum atomic E-state index is -0.282. The first-order chi connectivity index (χ1) is 14.1. The molecule has 1 aliphatic carbocycles. The standard InChI is InChI=1S/C22H20O7/c1-24-18-6-12(7-19(25-2)21(18)26-3)20-13-8-17-16(28-10-29-17)5-11(13)4-14-15(20)9-27-22(14)23/h4-8,15,20H,9-10H2,1-3H3/t15-,20-/m1/s1.